The molecule has 5 heteroatoms. The van der Waals surface area contributed by atoms with Crippen LogP contribution in [0.15, 0.2) is 24.3 Å². The molecule has 1 fully saturated rings. The van der Waals surface area contributed by atoms with Gasteiger partial charge in [0.25, 0.3) is 0 Å². The smallest absolute Gasteiger partial charge is 0.227 e. The summed E-state index contributed by atoms with van der Waals surface area (Å²) < 4.78 is 5.40. The van der Waals surface area contributed by atoms with Crippen molar-refractivity contribution in [1.29, 1.82) is 0 Å². The third-order valence-corrected chi connectivity index (χ3v) is 3.45. The highest BCUT2D eigenvalue weighted by Crippen LogP contribution is 2.27. The maximum absolute atomic E-state index is 12.2. The number of hydrogen-bond donors (Lipinski definition) is 1. The maximum atomic E-state index is 12.2. The first kappa shape index (κ1) is 16.3. The molecule has 0 radical (unpaired) electrons. The van der Waals surface area contributed by atoms with Gasteiger partial charge in [0.1, 0.15) is 5.75 Å². The van der Waals surface area contributed by atoms with E-state index in [1.54, 1.807) is 4.90 Å². The van der Waals surface area contributed by atoms with Crippen LogP contribution in [0.3, 0.4) is 0 Å². The van der Waals surface area contributed by atoms with Gasteiger partial charge in [-0.2, -0.15) is 0 Å². The van der Waals surface area contributed by atoms with E-state index in [1.165, 1.54) is 0 Å². The SMILES string of the molecule is CCOc1ccc(N2C[C@@H](C(=O)NC(C)(C)C)CC2=O)cc1. The molecule has 1 aliphatic rings. The Bertz CT molecular complexity index is 546. The molecule has 1 aliphatic heterocycles. The summed E-state index contributed by atoms with van der Waals surface area (Å²) in [4.78, 5) is 26.1. The number of anilines is 1. The Labute approximate surface area is 131 Å². The van der Waals surface area contributed by atoms with Gasteiger partial charge in [-0.1, -0.05) is 0 Å². The Morgan fingerprint density at radius 1 is 1.32 bits per heavy atom. The minimum atomic E-state index is -0.293. The first-order valence-electron chi connectivity index (χ1n) is 7.65. The zero-order valence-corrected chi connectivity index (χ0v) is 13.7. The molecule has 0 aliphatic carbocycles. The van der Waals surface area contributed by atoms with E-state index in [-0.39, 0.29) is 29.7 Å². The Kier molecular flexibility index (Phi) is 4.74. The fourth-order valence-electron chi connectivity index (χ4n) is 2.49. The van der Waals surface area contributed by atoms with Crippen molar-refractivity contribution in [3.8, 4) is 5.75 Å². The number of nitrogens with zero attached hydrogens (tertiary/aromatic N) is 1. The Balaban J connectivity index is 2.04. The van der Waals surface area contributed by atoms with Crippen molar-refractivity contribution in [3.05, 3.63) is 24.3 Å². The van der Waals surface area contributed by atoms with Crippen LogP contribution in [0, 0.1) is 5.92 Å². The van der Waals surface area contributed by atoms with Crippen LogP contribution >= 0.6 is 0 Å². The third-order valence-electron chi connectivity index (χ3n) is 3.45. The van der Waals surface area contributed by atoms with Gasteiger partial charge in [-0.05, 0) is 52.0 Å². The molecule has 22 heavy (non-hydrogen) atoms. The Morgan fingerprint density at radius 2 is 1.95 bits per heavy atom. The average Bonchev–Trinajstić information content (AvgIpc) is 2.80. The molecule has 2 amide bonds. The molecular weight excluding hydrogens is 280 g/mol. The molecular formula is C17H24N2O3. The zero-order valence-electron chi connectivity index (χ0n) is 13.7. The van der Waals surface area contributed by atoms with Crippen LogP contribution in [-0.4, -0.2) is 30.5 Å². The molecule has 1 aromatic carbocycles. The van der Waals surface area contributed by atoms with Crippen molar-refractivity contribution in [2.45, 2.75) is 39.7 Å². The minimum absolute atomic E-state index is 0.0155. The van der Waals surface area contributed by atoms with Gasteiger partial charge in [0.15, 0.2) is 0 Å². The predicted molar refractivity (Wildman–Crippen MR) is 86.0 cm³/mol. The van der Waals surface area contributed by atoms with Crippen molar-refractivity contribution in [3.63, 3.8) is 0 Å². The number of amides is 2. The summed E-state index contributed by atoms with van der Waals surface area (Å²) >= 11 is 0. The van der Waals surface area contributed by atoms with Crippen LogP contribution in [0.5, 0.6) is 5.75 Å². The lowest BCUT2D eigenvalue weighted by molar-refractivity contribution is -0.127. The molecule has 1 atom stereocenters. The van der Waals surface area contributed by atoms with E-state index in [9.17, 15) is 9.59 Å². The third kappa shape index (κ3) is 4.00. The Morgan fingerprint density at radius 3 is 2.50 bits per heavy atom. The highest BCUT2D eigenvalue weighted by molar-refractivity contribution is 6.00. The summed E-state index contributed by atoms with van der Waals surface area (Å²) in [5.41, 5.74) is 0.520. The molecule has 1 saturated heterocycles. The summed E-state index contributed by atoms with van der Waals surface area (Å²) in [5.74, 6) is 0.408. The summed E-state index contributed by atoms with van der Waals surface area (Å²) in [6.07, 6.45) is 0.259. The van der Waals surface area contributed by atoms with Gasteiger partial charge in [-0.25, -0.2) is 0 Å². The maximum Gasteiger partial charge on any atom is 0.227 e. The van der Waals surface area contributed by atoms with Gasteiger partial charge in [0.05, 0.1) is 12.5 Å². The van der Waals surface area contributed by atoms with E-state index in [4.69, 9.17) is 4.74 Å². The zero-order chi connectivity index (χ0) is 16.3. The van der Waals surface area contributed by atoms with Crippen molar-refractivity contribution >= 4 is 17.5 Å². The van der Waals surface area contributed by atoms with Crippen LogP contribution in [0.2, 0.25) is 0 Å². The van der Waals surface area contributed by atoms with Crippen LogP contribution in [0.1, 0.15) is 34.1 Å². The van der Waals surface area contributed by atoms with E-state index in [0.717, 1.165) is 11.4 Å². The second-order valence-electron chi connectivity index (χ2n) is 6.57. The topological polar surface area (TPSA) is 58.6 Å². The van der Waals surface area contributed by atoms with E-state index >= 15 is 0 Å². The number of rotatable bonds is 4. The lowest BCUT2D eigenvalue weighted by Gasteiger charge is -2.23. The number of ether oxygens (including phenoxy) is 1. The standard InChI is InChI=1S/C17H24N2O3/c1-5-22-14-8-6-13(7-9-14)19-11-12(10-15(19)20)16(21)18-17(2,3)4/h6-9,12H,5,10-11H2,1-4H3,(H,18,21)/t12-/m0/s1. The second kappa shape index (κ2) is 6.38. The highest BCUT2D eigenvalue weighted by atomic mass is 16.5. The lowest BCUT2D eigenvalue weighted by atomic mass is 10.0. The quantitative estimate of drug-likeness (QED) is 0.929. The highest BCUT2D eigenvalue weighted by Gasteiger charge is 2.36. The fourth-order valence-corrected chi connectivity index (χ4v) is 2.49. The van der Waals surface area contributed by atoms with Gasteiger partial charge in [-0.15, -0.1) is 0 Å². The van der Waals surface area contributed by atoms with Gasteiger partial charge >= 0.3 is 0 Å². The van der Waals surface area contributed by atoms with Gasteiger partial charge in [0, 0.05) is 24.2 Å². The molecule has 5 nitrogen and oxygen atoms in total. The Hall–Kier alpha value is -2.04. The van der Waals surface area contributed by atoms with E-state index in [2.05, 4.69) is 5.32 Å². The number of carbonyl (C=O) groups excluding carboxylic acids is 2. The molecule has 0 unspecified atom stereocenters. The van der Waals surface area contributed by atoms with E-state index < -0.39 is 0 Å². The fraction of sp³-hybridized carbons (Fsp3) is 0.529. The van der Waals surface area contributed by atoms with E-state index in [0.29, 0.717) is 13.2 Å². The molecule has 0 aromatic heterocycles. The first-order valence-corrected chi connectivity index (χ1v) is 7.65. The van der Waals surface area contributed by atoms with Crippen molar-refractivity contribution in [2.24, 2.45) is 5.92 Å². The van der Waals surface area contributed by atoms with Gasteiger partial charge < -0.3 is 15.0 Å². The monoisotopic (exact) mass is 304 g/mol. The molecule has 0 spiro atoms. The molecule has 1 heterocycles. The van der Waals surface area contributed by atoms with Crippen LogP contribution < -0.4 is 15.0 Å². The van der Waals surface area contributed by atoms with Crippen molar-refractivity contribution in [2.75, 3.05) is 18.1 Å². The number of carbonyl (C=O) groups is 2. The average molecular weight is 304 g/mol. The lowest BCUT2D eigenvalue weighted by Crippen LogP contribution is -2.44. The molecule has 1 aromatic rings. The molecule has 0 saturated carbocycles. The minimum Gasteiger partial charge on any atom is -0.494 e. The normalized spacial score (nSPS) is 18.5. The number of nitrogens with one attached hydrogen (secondary N) is 1. The molecule has 1 N–H and O–H groups in total. The van der Waals surface area contributed by atoms with Crippen molar-refractivity contribution < 1.29 is 14.3 Å². The van der Waals surface area contributed by atoms with Gasteiger partial charge in [-0.3, -0.25) is 9.59 Å². The molecule has 2 rings (SSSR count). The van der Waals surface area contributed by atoms with Crippen molar-refractivity contribution in [1.82, 2.24) is 5.32 Å². The van der Waals surface area contributed by atoms with Gasteiger partial charge in [0.2, 0.25) is 11.8 Å². The number of benzene rings is 1. The van der Waals surface area contributed by atoms with Crippen LogP contribution in [-0.2, 0) is 9.59 Å². The van der Waals surface area contributed by atoms with Crippen LogP contribution in [0.25, 0.3) is 0 Å². The summed E-state index contributed by atoms with van der Waals surface area (Å²) in [7, 11) is 0. The molecule has 0 bridgehead atoms. The number of hydrogen-bond acceptors (Lipinski definition) is 3. The first-order chi connectivity index (χ1) is 10.3. The summed E-state index contributed by atoms with van der Waals surface area (Å²) in [6.45, 7) is 8.77. The summed E-state index contributed by atoms with van der Waals surface area (Å²) in [5, 5.41) is 2.94. The second-order valence-corrected chi connectivity index (χ2v) is 6.57. The van der Waals surface area contributed by atoms with E-state index in [1.807, 2.05) is 52.0 Å². The predicted octanol–water partition coefficient (Wildman–Crippen LogP) is 2.35. The largest absolute Gasteiger partial charge is 0.494 e. The molecule has 120 valence electrons. The van der Waals surface area contributed by atoms with Crippen LogP contribution in [0.4, 0.5) is 5.69 Å². The summed E-state index contributed by atoms with van der Waals surface area (Å²) in [6, 6.07) is 7.39.